The van der Waals surface area contributed by atoms with Crippen LogP contribution in [0.4, 0.5) is 29.5 Å². The molecule has 113 heavy (non-hydrogen) atoms. The van der Waals surface area contributed by atoms with Crippen LogP contribution in [0.2, 0.25) is 0 Å². The van der Waals surface area contributed by atoms with Crippen LogP contribution in [0.15, 0.2) is 78.1 Å². The number of fused-ring (bicyclic) bond motifs is 2. The fraction of sp³-hybridized carbons (Fsp3) is 0.545. The van der Waals surface area contributed by atoms with E-state index in [1.165, 1.54) is 0 Å². The molecule has 47 heteroatoms. The number of carbonyl (C=O) groups excluding carboxylic acids is 4. The lowest BCUT2D eigenvalue weighted by Gasteiger charge is -2.26. The predicted molar refractivity (Wildman–Crippen MR) is 380 cm³/mol. The van der Waals surface area contributed by atoms with E-state index >= 15 is 17.6 Å². The lowest BCUT2D eigenvalue weighted by Crippen LogP contribution is -2.38. The highest BCUT2D eigenvalue weighted by Crippen LogP contribution is 2.56. The number of aliphatic hydroxyl groups is 1. The van der Waals surface area contributed by atoms with Gasteiger partial charge in [0.25, 0.3) is 22.2 Å². The maximum atomic E-state index is 16.8. The van der Waals surface area contributed by atoms with Crippen molar-refractivity contribution in [3.63, 3.8) is 0 Å². The Morgan fingerprint density at radius 1 is 0.593 bits per heavy atom. The molecule has 41 nitrogen and oxygen atoms in total. The van der Waals surface area contributed by atoms with Gasteiger partial charge >= 0.3 is 39.0 Å². The molecule has 4 saturated heterocycles. The van der Waals surface area contributed by atoms with Crippen LogP contribution in [0.25, 0.3) is 32.0 Å². The molecule has 1 aromatic carbocycles. The van der Waals surface area contributed by atoms with Gasteiger partial charge in [0.05, 0.1) is 43.6 Å². The second kappa shape index (κ2) is 36.4. The number of H-pyrrole nitrogens is 4. The number of hydrogen-bond donors (Lipinski definition) is 7. The molecule has 0 spiro atoms. The first-order valence-corrected chi connectivity index (χ1v) is 37.8. The average molecular weight is 1630 g/mol. The Labute approximate surface area is 635 Å². The second-order valence-corrected chi connectivity index (χ2v) is 29.7. The number of hydrogen-bond acceptors (Lipinski definition) is 29. The SMILES string of the molecule is [C-]#[N+]CCOP(=O)(OCC1OC(n2cnc3c(=O)[nH]c(NC(=O)C(C)C)nc32)C(F)C1O)OC1C(CC)OC(n2ccc(=O)[nH]c2=O)C1F.[C-]#[N+]CCOP(=O)(OCC1OC(n2cnc3c(=O)[nH]c(NC(=O)C(C)C)nc32)C(F)C1OC(=O)COC(=O)c1cc(C)c(C)c(C)c1)OC1C(CC)OC(n2ccc(=O)[nH]c2=O)C1F. The molecular weight excluding hydrogens is 1550 g/mol. The minimum atomic E-state index is -5.02. The Morgan fingerprint density at radius 3 is 1.42 bits per heavy atom. The van der Waals surface area contributed by atoms with E-state index in [1.807, 2.05) is 16.9 Å². The summed E-state index contributed by atoms with van der Waals surface area (Å²) in [7, 11) is -9.84. The quantitative estimate of drug-likeness (QED) is 0.0109. The molecule has 18 unspecified atom stereocenters. The zero-order chi connectivity index (χ0) is 82.2. The van der Waals surface area contributed by atoms with Crippen molar-refractivity contribution in [3.8, 4) is 0 Å². The summed E-state index contributed by atoms with van der Waals surface area (Å²) >= 11 is 0. The van der Waals surface area contributed by atoms with Crippen LogP contribution >= 0.6 is 15.6 Å². The Hall–Kier alpha value is -10.1. The van der Waals surface area contributed by atoms with E-state index in [9.17, 15) is 62.2 Å². The second-order valence-electron chi connectivity index (χ2n) is 26.5. The van der Waals surface area contributed by atoms with Crippen molar-refractivity contribution in [1.29, 1.82) is 0 Å². The Balaban J connectivity index is 0.000000248. The van der Waals surface area contributed by atoms with E-state index in [-0.39, 0.29) is 65.7 Å². The number of aromatic amines is 4. The number of halogens is 4. The van der Waals surface area contributed by atoms with Gasteiger partial charge in [0.1, 0.15) is 43.7 Å². The molecule has 0 saturated carbocycles. The number of phosphoric ester groups is 2. The van der Waals surface area contributed by atoms with Crippen LogP contribution in [0, 0.1) is 45.8 Å². The fourth-order valence-corrected chi connectivity index (χ4v) is 14.7. The highest BCUT2D eigenvalue weighted by atomic mass is 31.2. The lowest BCUT2D eigenvalue weighted by molar-refractivity contribution is -0.158. The summed E-state index contributed by atoms with van der Waals surface area (Å²) in [4.78, 5) is 155. The number of nitrogens with one attached hydrogen (secondary N) is 6. The number of amides is 2. The van der Waals surface area contributed by atoms with Gasteiger partial charge in [-0.25, -0.2) is 69.0 Å². The minimum absolute atomic E-state index is 0.0447. The summed E-state index contributed by atoms with van der Waals surface area (Å²) in [6, 6.07) is 5.09. The third kappa shape index (κ3) is 19.4. The van der Waals surface area contributed by atoms with Crippen molar-refractivity contribution in [1.82, 2.24) is 58.1 Å². The van der Waals surface area contributed by atoms with Gasteiger partial charge in [-0.15, -0.1) is 0 Å². The fourth-order valence-electron chi connectivity index (χ4n) is 11.9. The molecule has 610 valence electrons. The number of esters is 2. The molecule has 2 amide bonds. The number of aromatic nitrogens is 12. The number of anilines is 2. The summed E-state index contributed by atoms with van der Waals surface area (Å²) in [5.74, 6) is -4.59. The number of benzene rings is 1. The van der Waals surface area contributed by atoms with E-state index in [4.69, 9.17) is 68.7 Å². The summed E-state index contributed by atoms with van der Waals surface area (Å²) in [6.45, 7) is 24.7. The van der Waals surface area contributed by atoms with Gasteiger partial charge in [-0.05, 0) is 62.4 Å². The van der Waals surface area contributed by atoms with Crippen molar-refractivity contribution in [3.05, 3.63) is 157 Å². The van der Waals surface area contributed by atoms with Gasteiger partial charge in [0, 0.05) is 36.4 Å². The zero-order valence-electron chi connectivity index (χ0n) is 61.5. The van der Waals surface area contributed by atoms with E-state index in [0.717, 1.165) is 72.1 Å². The van der Waals surface area contributed by atoms with E-state index in [2.05, 4.69) is 50.2 Å². The third-order valence-electron chi connectivity index (χ3n) is 18.0. The first-order valence-electron chi connectivity index (χ1n) is 34.9. The monoisotopic (exact) mass is 1630 g/mol. The van der Waals surface area contributed by atoms with Crippen molar-refractivity contribution in [2.45, 2.75) is 174 Å². The van der Waals surface area contributed by atoms with Crippen molar-refractivity contribution >= 4 is 73.6 Å². The van der Waals surface area contributed by atoms with Crippen LogP contribution in [0.3, 0.4) is 0 Å². The molecule has 0 radical (unpaired) electrons. The molecule has 7 aromatic rings. The topological polar surface area (TPSA) is 503 Å². The van der Waals surface area contributed by atoms with Gasteiger partial charge in [-0.3, -0.25) is 105 Å². The lowest BCUT2D eigenvalue weighted by atomic mass is 10.0. The van der Waals surface area contributed by atoms with Gasteiger partial charge < -0.3 is 43.2 Å². The summed E-state index contributed by atoms with van der Waals surface area (Å²) in [5, 5.41) is 15.6. The average Bonchev–Trinajstić information content (AvgIpc) is 1.62. The highest BCUT2D eigenvalue weighted by Gasteiger charge is 2.55. The Kier molecular flexibility index (Phi) is 27.4. The number of carbonyl (C=O) groups is 4. The number of nitrogens with zero attached hydrogens (tertiary/aromatic N) is 10. The Morgan fingerprint density at radius 2 is 1.00 bits per heavy atom. The number of phosphoric acid groups is 2. The van der Waals surface area contributed by atoms with Gasteiger partial charge in [-0.1, -0.05) is 41.5 Å². The van der Waals surface area contributed by atoms with E-state index < -0.39 is 216 Å². The van der Waals surface area contributed by atoms with Crippen LogP contribution in [0.1, 0.15) is 106 Å². The number of aliphatic hydroxyl groups excluding tert-OH is 1. The molecule has 4 aliphatic rings. The van der Waals surface area contributed by atoms with Crippen LogP contribution in [-0.2, 0) is 79.1 Å². The normalized spacial score (nSPS) is 25.8. The zero-order valence-corrected chi connectivity index (χ0v) is 63.3. The maximum Gasteiger partial charge on any atom is 0.475 e. The molecule has 11 rings (SSSR count). The van der Waals surface area contributed by atoms with Crippen LogP contribution in [0.5, 0.6) is 0 Å². The van der Waals surface area contributed by atoms with Crippen LogP contribution in [-0.4, -0.2) is 207 Å². The number of aryl methyl sites for hydroxylation is 2. The number of ether oxygens (including phenoxy) is 6. The molecule has 6 aromatic heterocycles. The standard InChI is InChI=1S/C39H45F2N8O14P.C27H33F2N8O11P/c1-8-23-31(28(41)35(60-23)48-11-9-25(50)44-39(48)55)63-64(56,58-12-10-42-7)59-15-24-30(62-26(51)16-57-37(54)22-13-19(4)21(6)20(5)14-22)27(40)36(61-24)49-17-43-29-32(49)45-38(47-34(29)53)46-33(52)18(2)3;1-5-13-20(17(29)25(46-13)36-8-6-15(38)32-27(36)42)48-49(43,44-9-7-30-4)45-10-14-19(39)16(28)24(47-14)37-11-31-18-21(37)33-26(35-23(18)41)34-22(40)12(2)3/h9,11,13-14,17-18,23-24,27-28,30-31,35-36H,8,10,12,15-16H2,1-6H3,(H,44,50,55)(H2,45,46,47,52,53);6,8,11-14,16-17,19-20,24-25,39H,5,7,9-10H2,1-3H3,(H,32,38,42)(H2,33,34,35,40,41). The van der Waals surface area contributed by atoms with Crippen molar-refractivity contribution in [2.75, 3.05) is 56.8 Å². The summed E-state index contributed by atoms with van der Waals surface area (Å²) < 4.78 is 162. The molecule has 18 atom stereocenters. The van der Waals surface area contributed by atoms with Crippen LogP contribution < -0.4 is 44.3 Å². The maximum absolute atomic E-state index is 16.8. The summed E-state index contributed by atoms with van der Waals surface area (Å²) in [5.41, 5.74) is -3.29. The summed E-state index contributed by atoms with van der Waals surface area (Å²) in [6.07, 6.45) is -24.0. The first-order chi connectivity index (χ1) is 53.6. The molecule has 4 aliphatic heterocycles. The molecule has 7 N–H and O–H groups in total. The minimum Gasteiger partial charge on any atom is -0.454 e. The number of alkyl halides is 4. The Bertz CT molecular complexity index is 5230. The smallest absolute Gasteiger partial charge is 0.454 e. The van der Waals surface area contributed by atoms with Crippen molar-refractivity contribution in [2.24, 2.45) is 11.8 Å². The van der Waals surface area contributed by atoms with E-state index in [0.29, 0.717) is 0 Å². The third-order valence-corrected chi connectivity index (χ3v) is 21.0. The molecule has 0 bridgehead atoms. The largest absolute Gasteiger partial charge is 0.475 e. The number of rotatable bonds is 30. The highest BCUT2D eigenvalue weighted by molar-refractivity contribution is 7.48. The first kappa shape index (κ1) is 85.3. The number of imidazole rings is 2. The molecule has 0 aliphatic carbocycles. The van der Waals surface area contributed by atoms with E-state index in [1.54, 1.807) is 67.5 Å². The van der Waals surface area contributed by atoms with Gasteiger partial charge in [0.15, 0.2) is 84.6 Å². The van der Waals surface area contributed by atoms with Gasteiger partial charge in [-0.2, -0.15) is 9.97 Å². The molecule has 4 fully saturated rings. The predicted octanol–water partition coefficient (Wildman–Crippen LogP) is 4.24. The molecular formula is C66H78F4N16O25P2. The molecule has 10 heterocycles. The van der Waals surface area contributed by atoms with Crippen molar-refractivity contribution < 1.29 is 107 Å². The van der Waals surface area contributed by atoms with Gasteiger partial charge in [0.2, 0.25) is 36.8 Å².